The largest absolute Gasteiger partial charge is 0.324 e. The van der Waals surface area contributed by atoms with Gasteiger partial charge in [0.2, 0.25) is 15.9 Å². The lowest BCUT2D eigenvalue weighted by Gasteiger charge is -2.13. The smallest absolute Gasteiger partial charge is 0.245 e. The number of nitrogens with one attached hydrogen (secondary N) is 2. The molecule has 1 unspecified atom stereocenters. The van der Waals surface area contributed by atoms with E-state index < -0.39 is 16.1 Å². The van der Waals surface area contributed by atoms with Gasteiger partial charge in [0.15, 0.2) is 0 Å². The van der Waals surface area contributed by atoms with E-state index in [4.69, 9.17) is 5.73 Å². The zero-order chi connectivity index (χ0) is 19.2. The van der Waals surface area contributed by atoms with Crippen LogP contribution >= 0.6 is 0 Å². The fourth-order valence-corrected chi connectivity index (χ4v) is 3.60. The molecule has 0 heterocycles. The van der Waals surface area contributed by atoms with Crippen LogP contribution in [0.25, 0.3) is 0 Å². The van der Waals surface area contributed by atoms with Crippen molar-refractivity contribution in [2.45, 2.75) is 32.7 Å². The first-order valence-corrected chi connectivity index (χ1v) is 10.2. The van der Waals surface area contributed by atoms with Crippen molar-refractivity contribution in [1.82, 2.24) is 0 Å². The van der Waals surface area contributed by atoms with Crippen molar-refractivity contribution in [3.63, 3.8) is 0 Å². The minimum atomic E-state index is -3.34. The summed E-state index contributed by atoms with van der Waals surface area (Å²) in [5.74, 6) is -0.238. The van der Waals surface area contributed by atoms with Gasteiger partial charge >= 0.3 is 0 Å². The second kappa shape index (κ2) is 8.82. The number of unbranched alkanes of at least 4 members (excludes halogenated alkanes) is 1. The highest BCUT2D eigenvalue weighted by molar-refractivity contribution is 7.92. The lowest BCUT2D eigenvalue weighted by Crippen LogP contribution is -2.27. The van der Waals surface area contributed by atoms with E-state index in [1.165, 1.54) is 0 Å². The summed E-state index contributed by atoms with van der Waals surface area (Å²) >= 11 is 0. The molecule has 0 aliphatic carbocycles. The number of sulfonamides is 1. The summed E-state index contributed by atoms with van der Waals surface area (Å²) in [5, 5.41) is 2.74. The second-order valence-electron chi connectivity index (χ2n) is 6.23. The first-order chi connectivity index (χ1) is 12.3. The molecule has 0 bridgehead atoms. The van der Waals surface area contributed by atoms with Gasteiger partial charge in [0.1, 0.15) is 6.04 Å². The molecule has 1 atom stereocenters. The molecule has 6 nitrogen and oxygen atoms in total. The van der Waals surface area contributed by atoms with E-state index in [9.17, 15) is 13.2 Å². The van der Waals surface area contributed by atoms with Crippen LogP contribution in [0.15, 0.2) is 48.5 Å². The minimum absolute atomic E-state index is 0.0907. The van der Waals surface area contributed by atoms with Crippen LogP contribution < -0.4 is 15.8 Å². The molecule has 0 saturated heterocycles. The van der Waals surface area contributed by atoms with Gasteiger partial charge in [-0.2, -0.15) is 0 Å². The van der Waals surface area contributed by atoms with E-state index in [1.807, 2.05) is 38.1 Å². The Bertz CT molecular complexity index is 831. The van der Waals surface area contributed by atoms with E-state index in [2.05, 4.69) is 10.0 Å². The summed E-state index contributed by atoms with van der Waals surface area (Å²) < 4.78 is 26.3. The summed E-state index contributed by atoms with van der Waals surface area (Å²) in [4.78, 5) is 12.3. The highest BCUT2D eigenvalue weighted by atomic mass is 32.2. The Hall–Kier alpha value is -2.38. The van der Waals surface area contributed by atoms with Gasteiger partial charge in [-0.3, -0.25) is 9.52 Å². The van der Waals surface area contributed by atoms with Gasteiger partial charge in [0, 0.05) is 11.4 Å². The predicted octanol–water partition coefficient (Wildman–Crippen LogP) is 3.18. The van der Waals surface area contributed by atoms with Crippen molar-refractivity contribution in [2.24, 2.45) is 5.73 Å². The third-order valence-electron chi connectivity index (χ3n) is 3.91. The topological polar surface area (TPSA) is 101 Å². The average Bonchev–Trinajstić information content (AvgIpc) is 2.61. The maximum absolute atomic E-state index is 12.3. The summed E-state index contributed by atoms with van der Waals surface area (Å²) in [5.41, 5.74) is 8.83. The molecule has 0 spiro atoms. The molecule has 140 valence electrons. The third-order valence-corrected chi connectivity index (χ3v) is 5.28. The molecular formula is C19H25N3O3S. The van der Waals surface area contributed by atoms with Gasteiger partial charge in [-0.25, -0.2) is 8.42 Å². The molecule has 1 amide bonds. The number of benzene rings is 2. The standard InChI is InChI=1S/C19H25N3O3S/c1-3-4-13-26(24,25)22-17-11-9-16(10-12-17)21-19(23)18(20)15-7-5-14(2)6-8-15/h5-12,18,22H,3-4,13,20H2,1-2H3,(H,21,23). The van der Waals surface area contributed by atoms with Crippen LogP contribution in [0.4, 0.5) is 11.4 Å². The molecule has 0 fully saturated rings. The molecule has 7 heteroatoms. The maximum Gasteiger partial charge on any atom is 0.245 e. The molecule has 0 aliphatic rings. The van der Waals surface area contributed by atoms with Crippen LogP contribution in [0, 0.1) is 6.92 Å². The number of aryl methyl sites for hydroxylation is 1. The third kappa shape index (κ3) is 5.86. The van der Waals surface area contributed by atoms with E-state index in [0.29, 0.717) is 17.8 Å². The molecular weight excluding hydrogens is 350 g/mol. The van der Waals surface area contributed by atoms with E-state index in [1.54, 1.807) is 24.3 Å². The predicted molar refractivity (Wildman–Crippen MR) is 105 cm³/mol. The Kier molecular flexibility index (Phi) is 6.76. The highest BCUT2D eigenvalue weighted by Gasteiger charge is 2.16. The van der Waals surface area contributed by atoms with Crippen molar-refractivity contribution < 1.29 is 13.2 Å². The first-order valence-electron chi connectivity index (χ1n) is 8.54. The highest BCUT2D eigenvalue weighted by Crippen LogP contribution is 2.18. The lowest BCUT2D eigenvalue weighted by atomic mass is 10.1. The first kappa shape index (κ1) is 19.9. The number of rotatable bonds is 8. The Balaban J connectivity index is 1.98. The monoisotopic (exact) mass is 375 g/mol. The molecule has 0 radical (unpaired) electrons. The number of anilines is 2. The Labute approximate surface area is 154 Å². The van der Waals surface area contributed by atoms with E-state index >= 15 is 0 Å². The fourth-order valence-electron chi connectivity index (χ4n) is 2.33. The fraction of sp³-hybridized carbons (Fsp3) is 0.316. The number of nitrogens with two attached hydrogens (primary N) is 1. The molecule has 2 aromatic carbocycles. The average molecular weight is 375 g/mol. The normalized spacial score (nSPS) is 12.4. The Morgan fingerprint density at radius 2 is 1.62 bits per heavy atom. The summed E-state index contributed by atoms with van der Waals surface area (Å²) in [6.45, 7) is 3.90. The van der Waals surface area contributed by atoms with E-state index in [0.717, 1.165) is 17.5 Å². The molecule has 26 heavy (non-hydrogen) atoms. The number of amides is 1. The van der Waals surface area contributed by atoms with Crippen LogP contribution in [0.3, 0.4) is 0 Å². The van der Waals surface area contributed by atoms with Gasteiger partial charge < -0.3 is 11.1 Å². The van der Waals surface area contributed by atoms with Gasteiger partial charge in [-0.1, -0.05) is 43.2 Å². The SMILES string of the molecule is CCCCS(=O)(=O)Nc1ccc(NC(=O)C(N)c2ccc(C)cc2)cc1. The summed E-state index contributed by atoms with van der Waals surface area (Å²) in [6, 6.07) is 13.2. The maximum atomic E-state index is 12.3. The van der Waals surface area contributed by atoms with Gasteiger partial charge in [-0.05, 0) is 43.2 Å². The van der Waals surface area contributed by atoms with Gasteiger partial charge in [0.25, 0.3) is 0 Å². The molecule has 0 aromatic heterocycles. The molecule has 2 rings (SSSR count). The van der Waals surface area contributed by atoms with Crippen LogP contribution in [0.1, 0.15) is 36.9 Å². The van der Waals surface area contributed by atoms with Crippen LogP contribution in [0.5, 0.6) is 0 Å². The second-order valence-corrected chi connectivity index (χ2v) is 8.07. The van der Waals surface area contributed by atoms with Crippen molar-refractivity contribution in [2.75, 3.05) is 15.8 Å². The summed E-state index contributed by atoms with van der Waals surface area (Å²) in [7, 11) is -3.34. The Morgan fingerprint density at radius 1 is 1.04 bits per heavy atom. The van der Waals surface area contributed by atoms with Crippen LogP contribution in [0.2, 0.25) is 0 Å². The molecule has 4 N–H and O–H groups in total. The molecule has 2 aromatic rings. The minimum Gasteiger partial charge on any atom is -0.324 e. The number of carbonyl (C=O) groups excluding carboxylic acids is 1. The molecule has 0 aliphatic heterocycles. The van der Waals surface area contributed by atoms with Crippen LogP contribution in [-0.4, -0.2) is 20.1 Å². The van der Waals surface area contributed by atoms with Crippen molar-refractivity contribution >= 4 is 27.3 Å². The zero-order valence-electron chi connectivity index (χ0n) is 15.0. The lowest BCUT2D eigenvalue weighted by molar-refractivity contribution is -0.117. The Morgan fingerprint density at radius 3 is 2.19 bits per heavy atom. The number of hydrogen-bond acceptors (Lipinski definition) is 4. The summed E-state index contributed by atoms with van der Waals surface area (Å²) in [6.07, 6.45) is 1.42. The zero-order valence-corrected chi connectivity index (χ0v) is 15.8. The number of carbonyl (C=O) groups is 1. The van der Waals surface area contributed by atoms with Gasteiger partial charge in [0.05, 0.1) is 5.75 Å². The van der Waals surface area contributed by atoms with E-state index in [-0.39, 0.29) is 11.7 Å². The van der Waals surface area contributed by atoms with Crippen molar-refractivity contribution in [3.8, 4) is 0 Å². The molecule has 0 saturated carbocycles. The van der Waals surface area contributed by atoms with Crippen molar-refractivity contribution in [3.05, 3.63) is 59.7 Å². The van der Waals surface area contributed by atoms with Gasteiger partial charge in [-0.15, -0.1) is 0 Å². The quantitative estimate of drug-likeness (QED) is 0.659. The van der Waals surface area contributed by atoms with Crippen molar-refractivity contribution in [1.29, 1.82) is 0 Å². The number of hydrogen-bond donors (Lipinski definition) is 3. The van der Waals surface area contributed by atoms with Crippen LogP contribution in [-0.2, 0) is 14.8 Å².